The van der Waals surface area contributed by atoms with E-state index < -0.39 is 5.97 Å². The number of aliphatic carboxylic acids is 1. The molecular formula is C43H84NNaO3S. The molecule has 0 spiro atoms. The largest absolute Gasteiger partial charge is 1.00 e. The second kappa shape index (κ2) is 44.5. The molecule has 0 unspecified atom stereocenters. The summed E-state index contributed by atoms with van der Waals surface area (Å²) in [7, 11) is 1.96. The Morgan fingerprint density at radius 2 is 0.714 bits per heavy atom. The van der Waals surface area contributed by atoms with E-state index >= 15 is 0 Å². The van der Waals surface area contributed by atoms with Gasteiger partial charge in [-0.3, -0.25) is 4.79 Å². The molecule has 286 valence electrons. The summed E-state index contributed by atoms with van der Waals surface area (Å²) in [5, 5.41) is 10.4. The Balaban J connectivity index is 0. The molecule has 49 heavy (non-hydrogen) atoms. The van der Waals surface area contributed by atoms with Gasteiger partial charge in [-0.2, -0.15) is 11.8 Å². The summed E-state index contributed by atoms with van der Waals surface area (Å²) in [6.45, 7) is 3.18. The Hall–Kier alpha value is 0.290. The molecule has 0 aliphatic heterocycles. The fourth-order valence-corrected chi connectivity index (χ4v) is 7.76. The van der Waals surface area contributed by atoms with Crippen molar-refractivity contribution in [3.63, 3.8) is 0 Å². The fraction of sp³-hybridized carbons (Fsp3) is 0.953. The van der Waals surface area contributed by atoms with Gasteiger partial charge in [-0.25, -0.2) is 0 Å². The molecule has 0 fully saturated rings. The number of carbonyl (C=O) groups excluding carboxylic acids is 2. The second-order valence-electron chi connectivity index (χ2n) is 15.0. The number of thioether (sulfide) groups is 1. The van der Waals surface area contributed by atoms with E-state index in [2.05, 4.69) is 18.7 Å². The summed E-state index contributed by atoms with van der Waals surface area (Å²) in [5.41, 5.74) is 0. The van der Waals surface area contributed by atoms with Crippen LogP contribution in [0.4, 0.5) is 0 Å². The summed E-state index contributed by atoms with van der Waals surface area (Å²) >= 11 is 2.20. The molecule has 1 amide bonds. The van der Waals surface area contributed by atoms with Gasteiger partial charge in [0.15, 0.2) is 0 Å². The molecular weight excluding hydrogens is 634 g/mol. The molecule has 6 heteroatoms. The number of carboxylic acids is 1. The Labute approximate surface area is 333 Å². The van der Waals surface area contributed by atoms with Gasteiger partial charge in [0.2, 0.25) is 5.91 Å². The Kier molecular flexibility index (Phi) is 46.6. The predicted octanol–water partition coefficient (Wildman–Crippen LogP) is 10.00. The van der Waals surface area contributed by atoms with Gasteiger partial charge in [0.1, 0.15) is 0 Å². The van der Waals surface area contributed by atoms with Crippen molar-refractivity contribution in [1.29, 1.82) is 0 Å². The van der Waals surface area contributed by atoms with Gasteiger partial charge in [-0.05, 0) is 50.0 Å². The third-order valence-electron chi connectivity index (χ3n) is 10.1. The van der Waals surface area contributed by atoms with Gasteiger partial charge < -0.3 is 14.8 Å². The molecule has 0 radical (unpaired) electrons. The molecule has 0 aliphatic rings. The minimum absolute atomic E-state index is 0. The zero-order valence-corrected chi connectivity index (χ0v) is 36.5. The molecule has 0 saturated heterocycles. The van der Waals surface area contributed by atoms with Crippen LogP contribution in [0.1, 0.15) is 238 Å². The molecule has 0 bridgehead atoms. The van der Waals surface area contributed by atoms with Crippen LogP contribution >= 0.6 is 11.8 Å². The molecule has 0 N–H and O–H groups in total. The molecule has 0 rings (SSSR count). The third kappa shape index (κ3) is 44.4. The topological polar surface area (TPSA) is 60.4 Å². The number of nitrogens with zero attached hydrogens (tertiary/aromatic N) is 1. The van der Waals surface area contributed by atoms with Crippen molar-refractivity contribution in [1.82, 2.24) is 4.90 Å². The van der Waals surface area contributed by atoms with E-state index in [9.17, 15) is 14.7 Å². The first-order chi connectivity index (χ1) is 23.6. The monoisotopic (exact) mass is 718 g/mol. The van der Waals surface area contributed by atoms with Gasteiger partial charge in [-0.1, -0.05) is 193 Å². The standard InChI is InChI=1S/C43H85NO3S.Na/c1-3-4-5-6-7-8-20-25-30-35-40-48-41-36-31-26-21-16-14-12-10-9-11-13-15-17-22-27-32-37-42(45)44(2)39-34-29-24-19-18-23-28-33-38-43(46)47;/h3-41H2,1-2H3,(H,46,47);/q;+1/p-1. The van der Waals surface area contributed by atoms with Crippen LogP contribution in [0.25, 0.3) is 0 Å². The predicted molar refractivity (Wildman–Crippen MR) is 212 cm³/mol. The first-order valence-corrected chi connectivity index (χ1v) is 22.7. The zero-order valence-electron chi connectivity index (χ0n) is 33.7. The van der Waals surface area contributed by atoms with Crippen molar-refractivity contribution in [2.24, 2.45) is 0 Å². The molecule has 0 saturated carbocycles. The van der Waals surface area contributed by atoms with Gasteiger partial charge >= 0.3 is 29.6 Å². The molecule has 0 aliphatic carbocycles. The van der Waals surface area contributed by atoms with E-state index in [1.54, 1.807) is 0 Å². The van der Waals surface area contributed by atoms with Crippen LogP contribution in [0.5, 0.6) is 0 Å². The number of carbonyl (C=O) groups is 2. The van der Waals surface area contributed by atoms with Gasteiger partial charge in [0.05, 0.1) is 0 Å². The van der Waals surface area contributed by atoms with E-state index in [0.717, 1.165) is 38.6 Å². The Morgan fingerprint density at radius 1 is 0.429 bits per heavy atom. The van der Waals surface area contributed by atoms with Crippen molar-refractivity contribution in [3.8, 4) is 0 Å². The maximum atomic E-state index is 12.4. The van der Waals surface area contributed by atoms with Crippen LogP contribution in [-0.4, -0.2) is 41.9 Å². The summed E-state index contributed by atoms with van der Waals surface area (Å²) < 4.78 is 0. The van der Waals surface area contributed by atoms with Crippen LogP contribution < -0.4 is 34.7 Å². The van der Waals surface area contributed by atoms with E-state index in [1.807, 2.05) is 11.9 Å². The number of hydrogen-bond donors (Lipinski definition) is 0. The number of unbranched alkanes of at least 4 members (excludes halogenated alkanes) is 31. The SMILES string of the molecule is CCCCCCCCCCCCSCCCCCCCCCCCCCCCCCCC(=O)N(C)CCCCCCCCCCC(=O)[O-].[Na+]. The Morgan fingerprint density at radius 3 is 1.06 bits per heavy atom. The van der Waals surface area contributed by atoms with Gasteiger partial charge in [0, 0.05) is 26.0 Å². The molecule has 0 aromatic heterocycles. The van der Waals surface area contributed by atoms with E-state index in [-0.39, 0.29) is 36.0 Å². The normalized spacial score (nSPS) is 11.1. The summed E-state index contributed by atoms with van der Waals surface area (Å²) in [6.07, 6.45) is 46.0. The minimum atomic E-state index is -0.930. The van der Waals surface area contributed by atoms with E-state index in [0.29, 0.717) is 12.3 Å². The average Bonchev–Trinajstić information content (AvgIpc) is 3.08. The summed E-state index contributed by atoms with van der Waals surface area (Å²) in [5.74, 6) is 2.16. The smallest absolute Gasteiger partial charge is 0.550 e. The van der Waals surface area contributed by atoms with Crippen LogP contribution in [0.3, 0.4) is 0 Å². The maximum absolute atomic E-state index is 12.4. The number of carboxylic acid groups (broad SMARTS) is 1. The van der Waals surface area contributed by atoms with E-state index in [4.69, 9.17) is 0 Å². The van der Waals surface area contributed by atoms with Crippen molar-refractivity contribution < 1.29 is 44.3 Å². The van der Waals surface area contributed by atoms with Gasteiger partial charge in [-0.15, -0.1) is 0 Å². The van der Waals surface area contributed by atoms with Crippen LogP contribution in [0.15, 0.2) is 0 Å². The maximum Gasteiger partial charge on any atom is 1.00 e. The average molecular weight is 718 g/mol. The summed E-state index contributed by atoms with van der Waals surface area (Å²) in [6, 6.07) is 0. The van der Waals surface area contributed by atoms with Crippen molar-refractivity contribution in [2.75, 3.05) is 25.1 Å². The first-order valence-electron chi connectivity index (χ1n) is 21.6. The van der Waals surface area contributed by atoms with Crippen LogP contribution in [0.2, 0.25) is 0 Å². The molecule has 0 aromatic rings. The molecule has 0 heterocycles. The van der Waals surface area contributed by atoms with E-state index in [1.165, 1.54) is 198 Å². The third-order valence-corrected chi connectivity index (χ3v) is 11.3. The first kappa shape index (κ1) is 51.4. The quantitative estimate of drug-likeness (QED) is 0.0467. The minimum Gasteiger partial charge on any atom is -0.550 e. The molecule has 4 nitrogen and oxygen atoms in total. The van der Waals surface area contributed by atoms with Crippen LogP contribution in [0, 0.1) is 0 Å². The fourth-order valence-electron chi connectivity index (χ4n) is 6.74. The number of hydrogen-bond acceptors (Lipinski definition) is 4. The van der Waals surface area contributed by atoms with Crippen molar-refractivity contribution in [3.05, 3.63) is 0 Å². The van der Waals surface area contributed by atoms with Crippen molar-refractivity contribution >= 4 is 23.6 Å². The van der Waals surface area contributed by atoms with Crippen LogP contribution in [-0.2, 0) is 9.59 Å². The number of amides is 1. The zero-order chi connectivity index (χ0) is 35.0. The molecule has 0 aromatic carbocycles. The second-order valence-corrected chi connectivity index (χ2v) is 16.2. The molecule has 0 atom stereocenters. The van der Waals surface area contributed by atoms with Crippen molar-refractivity contribution in [2.45, 2.75) is 238 Å². The number of rotatable bonds is 41. The van der Waals surface area contributed by atoms with Gasteiger partial charge in [0.25, 0.3) is 0 Å². The Bertz CT molecular complexity index is 665. The summed E-state index contributed by atoms with van der Waals surface area (Å²) in [4.78, 5) is 24.7.